The summed E-state index contributed by atoms with van der Waals surface area (Å²) < 4.78 is 5.83. The number of benzene rings is 1. The van der Waals surface area contributed by atoms with Gasteiger partial charge in [0.15, 0.2) is 0 Å². The summed E-state index contributed by atoms with van der Waals surface area (Å²) in [7, 11) is 0. The maximum absolute atomic E-state index is 9.40. The fourth-order valence-electron chi connectivity index (χ4n) is 2.98. The van der Waals surface area contributed by atoms with E-state index in [1.807, 2.05) is 12.1 Å². The number of hydrogen-bond donors (Lipinski definition) is 2. The number of rotatable bonds is 6. The highest BCUT2D eigenvalue weighted by Gasteiger charge is 2.41. The number of ether oxygens (including phenoxy) is 1. The third kappa shape index (κ3) is 3.74. The summed E-state index contributed by atoms with van der Waals surface area (Å²) in [6.45, 7) is 9.53. The molecular weight excluding hydrogens is 250 g/mol. The van der Waals surface area contributed by atoms with Crippen molar-refractivity contribution in [3.05, 3.63) is 29.8 Å². The number of phenolic OH excluding ortho intramolecular Hbond substituents is 1. The third-order valence-corrected chi connectivity index (χ3v) is 4.35. The van der Waals surface area contributed by atoms with E-state index in [2.05, 4.69) is 26.1 Å². The molecule has 0 aliphatic carbocycles. The van der Waals surface area contributed by atoms with Crippen LogP contribution in [-0.4, -0.2) is 30.9 Å². The van der Waals surface area contributed by atoms with Gasteiger partial charge in [0, 0.05) is 18.6 Å². The lowest BCUT2D eigenvalue weighted by molar-refractivity contribution is 0.0627. The van der Waals surface area contributed by atoms with Gasteiger partial charge in [-0.1, -0.05) is 26.0 Å². The summed E-state index contributed by atoms with van der Waals surface area (Å²) in [5, 5.41) is 13.0. The predicted molar refractivity (Wildman–Crippen MR) is 82.0 cm³/mol. The highest BCUT2D eigenvalue weighted by Crippen LogP contribution is 2.38. The molecule has 112 valence electrons. The first-order valence-corrected chi connectivity index (χ1v) is 7.62. The summed E-state index contributed by atoms with van der Waals surface area (Å²) in [4.78, 5) is 0. The second-order valence-electron chi connectivity index (χ2n) is 6.49. The van der Waals surface area contributed by atoms with Crippen molar-refractivity contribution in [1.29, 1.82) is 0 Å². The van der Waals surface area contributed by atoms with E-state index in [1.54, 1.807) is 12.1 Å². The minimum absolute atomic E-state index is 0.172. The second-order valence-corrected chi connectivity index (χ2v) is 6.49. The van der Waals surface area contributed by atoms with E-state index >= 15 is 0 Å². The summed E-state index contributed by atoms with van der Waals surface area (Å²) >= 11 is 0. The maximum atomic E-state index is 9.40. The fourth-order valence-corrected chi connectivity index (χ4v) is 2.98. The Balaban J connectivity index is 2.05. The van der Waals surface area contributed by atoms with Gasteiger partial charge in [0.25, 0.3) is 0 Å². The molecule has 1 fully saturated rings. The standard InChI is InChI=1S/C17H27NO2/c1-13(2)11-18-12-17(8-9-20-14(17)3)10-15-4-6-16(19)7-5-15/h4-7,13-14,18-19H,8-12H2,1-3H3. The lowest BCUT2D eigenvalue weighted by atomic mass is 9.76. The molecule has 1 aromatic rings. The number of phenols is 1. The molecule has 1 aliphatic heterocycles. The average Bonchev–Trinajstić information content (AvgIpc) is 2.74. The molecule has 0 bridgehead atoms. The lowest BCUT2D eigenvalue weighted by Gasteiger charge is -2.33. The molecule has 3 nitrogen and oxygen atoms in total. The van der Waals surface area contributed by atoms with Gasteiger partial charge in [-0.3, -0.25) is 0 Å². The Morgan fingerprint density at radius 3 is 2.60 bits per heavy atom. The van der Waals surface area contributed by atoms with Gasteiger partial charge in [0.05, 0.1) is 6.10 Å². The topological polar surface area (TPSA) is 41.5 Å². The molecule has 20 heavy (non-hydrogen) atoms. The van der Waals surface area contributed by atoms with Crippen LogP contribution in [0.2, 0.25) is 0 Å². The molecule has 0 spiro atoms. The normalized spacial score (nSPS) is 26.3. The first kappa shape index (κ1) is 15.3. The first-order valence-electron chi connectivity index (χ1n) is 7.62. The summed E-state index contributed by atoms with van der Waals surface area (Å²) in [5.74, 6) is 0.995. The van der Waals surface area contributed by atoms with Crippen molar-refractivity contribution in [3.63, 3.8) is 0 Å². The Morgan fingerprint density at radius 2 is 2.05 bits per heavy atom. The minimum atomic E-state index is 0.172. The largest absolute Gasteiger partial charge is 0.508 e. The van der Waals surface area contributed by atoms with Crippen molar-refractivity contribution < 1.29 is 9.84 Å². The van der Waals surface area contributed by atoms with E-state index < -0.39 is 0 Å². The molecule has 2 atom stereocenters. The molecule has 2 N–H and O–H groups in total. The van der Waals surface area contributed by atoms with Crippen molar-refractivity contribution in [2.75, 3.05) is 19.7 Å². The van der Waals surface area contributed by atoms with Crippen LogP contribution in [0.3, 0.4) is 0 Å². The van der Waals surface area contributed by atoms with E-state index in [0.717, 1.165) is 32.5 Å². The maximum Gasteiger partial charge on any atom is 0.115 e. The summed E-state index contributed by atoms with van der Waals surface area (Å²) in [6.07, 6.45) is 2.37. The fraction of sp³-hybridized carbons (Fsp3) is 0.647. The van der Waals surface area contributed by atoms with E-state index in [1.165, 1.54) is 5.56 Å². The number of nitrogens with one attached hydrogen (secondary N) is 1. The van der Waals surface area contributed by atoms with Crippen LogP contribution in [0.4, 0.5) is 0 Å². The van der Waals surface area contributed by atoms with Crippen LogP contribution in [0.1, 0.15) is 32.8 Å². The smallest absolute Gasteiger partial charge is 0.115 e. The molecule has 1 saturated heterocycles. The van der Waals surface area contributed by atoms with Gasteiger partial charge in [-0.05, 0) is 49.9 Å². The van der Waals surface area contributed by atoms with Crippen molar-refractivity contribution >= 4 is 0 Å². The van der Waals surface area contributed by atoms with Gasteiger partial charge in [-0.25, -0.2) is 0 Å². The van der Waals surface area contributed by atoms with Crippen LogP contribution < -0.4 is 5.32 Å². The van der Waals surface area contributed by atoms with E-state index in [0.29, 0.717) is 11.7 Å². The summed E-state index contributed by atoms with van der Waals surface area (Å²) in [6, 6.07) is 7.57. The van der Waals surface area contributed by atoms with Crippen molar-refractivity contribution in [3.8, 4) is 5.75 Å². The number of hydrogen-bond acceptors (Lipinski definition) is 3. The minimum Gasteiger partial charge on any atom is -0.508 e. The zero-order valence-electron chi connectivity index (χ0n) is 12.9. The molecule has 3 heteroatoms. The molecule has 1 aromatic carbocycles. The lowest BCUT2D eigenvalue weighted by Crippen LogP contribution is -2.42. The van der Waals surface area contributed by atoms with Crippen molar-refractivity contribution in [2.45, 2.75) is 39.7 Å². The molecule has 0 aromatic heterocycles. The Bertz CT molecular complexity index is 416. The number of aromatic hydroxyl groups is 1. The zero-order valence-corrected chi connectivity index (χ0v) is 12.9. The molecular formula is C17H27NO2. The van der Waals surface area contributed by atoms with E-state index in [4.69, 9.17) is 4.74 Å². The van der Waals surface area contributed by atoms with Gasteiger partial charge in [0.2, 0.25) is 0 Å². The molecule has 1 aliphatic rings. The van der Waals surface area contributed by atoms with Gasteiger partial charge >= 0.3 is 0 Å². The molecule has 0 radical (unpaired) electrons. The Labute approximate surface area is 122 Å². The Morgan fingerprint density at radius 1 is 1.35 bits per heavy atom. The molecule has 0 amide bonds. The molecule has 2 rings (SSSR count). The molecule has 2 unspecified atom stereocenters. The van der Waals surface area contributed by atoms with Crippen LogP contribution in [0.5, 0.6) is 5.75 Å². The van der Waals surface area contributed by atoms with Crippen LogP contribution in [-0.2, 0) is 11.2 Å². The second kappa shape index (κ2) is 6.59. The van der Waals surface area contributed by atoms with Gasteiger partial charge in [0.1, 0.15) is 5.75 Å². The van der Waals surface area contributed by atoms with Crippen molar-refractivity contribution in [2.24, 2.45) is 11.3 Å². The highest BCUT2D eigenvalue weighted by atomic mass is 16.5. The highest BCUT2D eigenvalue weighted by molar-refractivity contribution is 5.27. The molecule has 0 saturated carbocycles. The Kier molecular flexibility index (Phi) is 5.06. The average molecular weight is 277 g/mol. The monoisotopic (exact) mass is 277 g/mol. The van der Waals surface area contributed by atoms with Crippen LogP contribution >= 0.6 is 0 Å². The predicted octanol–water partition coefficient (Wildman–Crippen LogP) is 2.98. The SMILES string of the molecule is CC(C)CNCC1(Cc2ccc(O)cc2)CCOC1C. The molecule has 1 heterocycles. The van der Waals surface area contributed by atoms with Gasteiger partial charge in [-0.2, -0.15) is 0 Å². The van der Waals surface area contributed by atoms with Crippen molar-refractivity contribution in [1.82, 2.24) is 5.32 Å². The quantitative estimate of drug-likeness (QED) is 0.840. The zero-order chi connectivity index (χ0) is 14.6. The first-order chi connectivity index (χ1) is 9.52. The van der Waals surface area contributed by atoms with Crippen LogP contribution in [0.25, 0.3) is 0 Å². The van der Waals surface area contributed by atoms with Gasteiger partial charge in [-0.15, -0.1) is 0 Å². The van der Waals surface area contributed by atoms with Crippen LogP contribution in [0, 0.1) is 11.3 Å². The third-order valence-electron chi connectivity index (χ3n) is 4.35. The summed E-state index contributed by atoms with van der Waals surface area (Å²) in [5.41, 5.74) is 1.44. The van der Waals surface area contributed by atoms with Crippen LogP contribution in [0.15, 0.2) is 24.3 Å². The van der Waals surface area contributed by atoms with Gasteiger partial charge < -0.3 is 15.2 Å². The van der Waals surface area contributed by atoms with E-state index in [9.17, 15) is 5.11 Å². The Hall–Kier alpha value is -1.06. The van der Waals surface area contributed by atoms with E-state index in [-0.39, 0.29) is 11.5 Å².